The Balaban J connectivity index is 1.35. The summed E-state index contributed by atoms with van der Waals surface area (Å²) in [4.78, 5) is 12.0. The molecule has 0 aliphatic heterocycles. The van der Waals surface area contributed by atoms with Gasteiger partial charge < -0.3 is 20.9 Å². The summed E-state index contributed by atoms with van der Waals surface area (Å²) in [6.45, 7) is 0.278. The van der Waals surface area contributed by atoms with Gasteiger partial charge in [0, 0.05) is 23.9 Å². The van der Waals surface area contributed by atoms with Crippen LogP contribution in [0.4, 0.5) is 33.3 Å². The fourth-order valence-corrected chi connectivity index (χ4v) is 4.74. The first-order chi connectivity index (χ1) is 18.4. The zero-order chi connectivity index (χ0) is 28.5. The first kappa shape index (κ1) is 30.2. The van der Waals surface area contributed by atoms with Crippen LogP contribution in [0.5, 0.6) is 5.75 Å². The van der Waals surface area contributed by atoms with Gasteiger partial charge in [-0.15, -0.1) is 0 Å². The van der Waals surface area contributed by atoms with Crippen molar-refractivity contribution >= 4 is 23.4 Å². The summed E-state index contributed by atoms with van der Waals surface area (Å²) in [6.07, 6.45) is -2.48. The number of alkyl halides is 5. The topological polar surface area (TPSA) is 87.6 Å². The van der Waals surface area contributed by atoms with Gasteiger partial charge in [-0.25, -0.2) is 4.79 Å². The van der Waals surface area contributed by atoms with Gasteiger partial charge in [0.2, 0.25) is 0 Å². The molecule has 0 saturated heterocycles. The SMILES string of the molecule is Nc1ccc(CCCCCOC(=O)/C=C/c2ccc(OC(F)(F)C3CCC(CC(F)(F)F)CC3)cc2)c(N)c1. The summed E-state index contributed by atoms with van der Waals surface area (Å²) < 4.78 is 76.9. The van der Waals surface area contributed by atoms with Crippen LogP contribution in [0.3, 0.4) is 0 Å². The second-order valence-electron chi connectivity index (χ2n) is 10.0. The Bertz CT molecular complexity index is 1100. The number of nitrogen functional groups attached to an aromatic ring is 2. The van der Waals surface area contributed by atoms with E-state index in [1.54, 1.807) is 6.07 Å². The van der Waals surface area contributed by atoms with Crippen LogP contribution in [0.2, 0.25) is 0 Å². The van der Waals surface area contributed by atoms with Crippen molar-refractivity contribution in [1.82, 2.24) is 0 Å². The summed E-state index contributed by atoms with van der Waals surface area (Å²) >= 11 is 0. The molecule has 0 amide bonds. The van der Waals surface area contributed by atoms with Gasteiger partial charge in [-0.3, -0.25) is 0 Å². The maximum atomic E-state index is 14.6. The third kappa shape index (κ3) is 10.4. The van der Waals surface area contributed by atoms with E-state index in [1.165, 1.54) is 36.4 Å². The Morgan fingerprint density at radius 2 is 1.62 bits per heavy atom. The van der Waals surface area contributed by atoms with Crippen LogP contribution in [-0.4, -0.2) is 24.9 Å². The number of rotatable bonds is 12. The first-order valence-electron chi connectivity index (χ1n) is 13.1. The molecule has 0 radical (unpaired) electrons. The molecular formula is C29H35F5N2O3. The van der Waals surface area contributed by atoms with Gasteiger partial charge >= 0.3 is 18.3 Å². The zero-order valence-electron chi connectivity index (χ0n) is 21.7. The van der Waals surface area contributed by atoms with Crippen LogP contribution in [0.1, 0.15) is 62.5 Å². The third-order valence-electron chi connectivity index (χ3n) is 6.89. The number of ether oxygens (including phenoxy) is 2. The van der Waals surface area contributed by atoms with E-state index in [0.717, 1.165) is 24.8 Å². The largest absolute Gasteiger partial charge is 0.463 e. The lowest BCUT2D eigenvalue weighted by Gasteiger charge is -2.33. The van der Waals surface area contributed by atoms with Gasteiger partial charge in [-0.1, -0.05) is 18.2 Å². The van der Waals surface area contributed by atoms with E-state index in [4.69, 9.17) is 20.9 Å². The molecule has 1 fully saturated rings. The molecule has 1 aliphatic rings. The molecule has 4 N–H and O–H groups in total. The van der Waals surface area contributed by atoms with E-state index in [0.29, 0.717) is 23.4 Å². The van der Waals surface area contributed by atoms with E-state index in [9.17, 15) is 26.7 Å². The Morgan fingerprint density at radius 3 is 2.26 bits per heavy atom. The summed E-state index contributed by atoms with van der Waals surface area (Å²) in [7, 11) is 0. The Labute approximate surface area is 225 Å². The van der Waals surface area contributed by atoms with Crippen LogP contribution in [0, 0.1) is 11.8 Å². The number of carbonyl (C=O) groups excluding carboxylic acids is 1. The molecule has 0 spiro atoms. The normalized spacial score (nSPS) is 18.3. The predicted octanol–water partition coefficient (Wildman–Crippen LogP) is 7.55. The maximum absolute atomic E-state index is 14.6. The number of nitrogens with two attached hydrogens (primary N) is 2. The lowest BCUT2D eigenvalue weighted by Crippen LogP contribution is -2.37. The minimum atomic E-state index is -4.28. The summed E-state index contributed by atoms with van der Waals surface area (Å²) in [6, 6.07) is 11.2. The lowest BCUT2D eigenvalue weighted by molar-refractivity contribution is -0.225. The van der Waals surface area contributed by atoms with E-state index in [-0.39, 0.29) is 38.0 Å². The van der Waals surface area contributed by atoms with Crippen LogP contribution >= 0.6 is 0 Å². The number of carbonyl (C=O) groups is 1. The van der Waals surface area contributed by atoms with Gasteiger partial charge in [-0.05, 0) is 98.8 Å². The molecule has 214 valence electrons. The molecule has 0 bridgehead atoms. The molecule has 0 heterocycles. The number of anilines is 2. The van der Waals surface area contributed by atoms with E-state index >= 15 is 0 Å². The van der Waals surface area contributed by atoms with Crippen molar-refractivity contribution in [3.05, 3.63) is 59.7 Å². The molecule has 5 nitrogen and oxygen atoms in total. The monoisotopic (exact) mass is 554 g/mol. The maximum Gasteiger partial charge on any atom is 0.400 e. The summed E-state index contributed by atoms with van der Waals surface area (Å²) in [5, 5.41) is 0. The molecule has 3 rings (SSSR count). The number of hydrogen-bond donors (Lipinski definition) is 2. The van der Waals surface area contributed by atoms with E-state index in [1.807, 2.05) is 12.1 Å². The number of hydrogen-bond acceptors (Lipinski definition) is 5. The average molecular weight is 555 g/mol. The van der Waals surface area contributed by atoms with Gasteiger partial charge in [0.15, 0.2) is 0 Å². The quantitative estimate of drug-likeness (QED) is 0.0930. The standard InChI is InChI=1S/C29H35F5N2O3/c30-28(31,32)19-21-5-11-23(12-6-21)29(33,34)39-25-14-7-20(8-15-25)9-16-27(37)38-17-3-1-2-4-22-10-13-24(35)18-26(22)36/h7-10,13-16,18,21,23H,1-6,11-12,17,19,35-36H2/b16-9+. The summed E-state index contributed by atoms with van der Waals surface area (Å²) in [5.41, 5.74) is 14.6. The molecule has 2 aromatic carbocycles. The average Bonchev–Trinajstić information content (AvgIpc) is 2.86. The number of halogens is 5. The smallest absolute Gasteiger partial charge is 0.400 e. The van der Waals surface area contributed by atoms with Crippen molar-refractivity contribution in [2.45, 2.75) is 70.1 Å². The fourth-order valence-electron chi connectivity index (χ4n) is 4.74. The highest BCUT2D eigenvalue weighted by Crippen LogP contribution is 2.42. The van der Waals surface area contributed by atoms with Crippen LogP contribution in [0.25, 0.3) is 6.08 Å². The first-order valence-corrected chi connectivity index (χ1v) is 13.1. The number of unbranched alkanes of at least 4 members (excludes halogenated alkanes) is 2. The van der Waals surface area contributed by atoms with Crippen molar-refractivity contribution in [3.63, 3.8) is 0 Å². The lowest BCUT2D eigenvalue weighted by atomic mass is 9.80. The van der Waals surface area contributed by atoms with Crippen LogP contribution in [0.15, 0.2) is 48.5 Å². The fraction of sp³-hybridized carbons (Fsp3) is 0.483. The highest BCUT2D eigenvalue weighted by molar-refractivity contribution is 5.87. The van der Waals surface area contributed by atoms with Gasteiger partial charge in [-0.2, -0.15) is 22.0 Å². The molecular weight excluding hydrogens is 519 g/mol. The minimum absolute atomic E-state index is 0.0199. The summed E-state index contributed by atoms with van der Waals surface area (Å²) in [5.74, 6) is -2.31. The predicted molar refractivity (Wildman–Crippen MR) is 141 cm³/mol. The van der Waals surface area contributed by atoms with Crippen molar-refractivity contribution in [3.8, 4) is 5.75 Å². The Hall–Kier alpha value is -3.30. The molecule has 0 atom stereocenters. The molecule has 0 aromatic heterocycles. The molecule has 1 aliphatic carbocycles. The van der Waals surface area contributed by atoms with Crippen molar-refractivity contribution < 1.29 is 36.2 Å². The molecule has 2 aromatic rings. The minimum Gasteiger partial charge on any atom is -0.463 e. The van der Waals surface area contributed by atoms with Crippen LogP contribution in [-0.2, 0) is 16.0 Å². The molecule has 0 unspecified atom stereocenters. The van der Waals surface area contributed by atoms with Gasteiger partial charge in [0.05, 0.1) is 12.5 Å². The van der Waals surface area contributed by atoms with Crippen molar-refractivity contribution in [2.75, 3.05) is 18.1 Å². The van der Waals surface area contributed by atoms with Crippen molar-refractivity contribution in [2.24, 2.45) is 11.8 Å². The molecule has 10 heteroatoms. The third-order valence-corrected chi connectivity index (χ3v) is 6.89. The van der Waals surface area contributed by atoms with Crippen LogP contribution < -0.4 is 16.2 Å². The molecule has 39 heavy (non-hydrogen) atoms. The van der Waals surface area contributed by atoms with Gasteiger partial charge in [0.25, 0.3) is 0 Å². The Kier molecular flexibility index (Phi) is 10.6. The Morgan fingerprint density at radius 1 is 0.923 bits per heavy atom. The highest BCUT2D eigenvalue weighted by atomic mass is 19.4. The van der Waals surface area contributed by atoms with Crippen molar-refractivity contribution in [1.29, 1.82) is 0 Å². The zero-order valence-corrected chi connectivity index (χ0v) is 21.7. The second-order valence-corrected chi connectivity index (χ2v) is 10.0. The number of aryl methyl sites for hydroxylation is 1. The number of benzene rings is 2. The number of esters is 1. The van der Waals surface area contributed by atoms with Gasteiger partial charge in [0.1, 0.15) is 5.75 Å². The highest BCUT2D eigenvalue weighted by Gasteiger charge is 2.45. The second kappa shape index (κ2) is 13.7. The van der Waals surface area contributed by atoms with E-state index in [2.05, 4.69) is 0 Å². The molecule has 1 saturated carbocycles. The van der Waals surface area contributed by atoms with E-state index < -0.39 is 36.5 Å².